The second-order valence-corrected chi connectivity index (χ2v) is 7.03. The van der Waals surface area contributed by atoms with Crippen molar-refractivity contribution in [1.29, 1.82) is 0 Å². The summed E-state index contributed by atoms with van der Waals surface area (Å²) in [7, 11) is 0. The van der Waals surface area contributed by atoms with Crippen molar-refractivity contribution in [2.45, 2.75) is 71.9 Å². The second-order valence-electron chi connectivity index (χ2n) is 7.03. The van der Waals surface area contributed by atoms with Crippen molar-refractivity contribution in [3.63, 3.8) is 0 Å². The summed E-state index contributed by atoms with van der Waals surface area (Å²) < 4.78 is 5.13. The van der Waals surface area contributed by atoms with Crippen molar-refractivity contribution in [3.05, 3.63) is 0 Å². The minimum Gasteiger partial charge on any atom is -0.442 e. The number of carbonyl (C=O) groups is 2. The number of ether oxygens (including phenoxy) is 1. The molecule has 0 unspecified atom stereocenters. The topological polar surface area (TPSA) is 67.8 Å². The van der Waals surface area contributed by atoms with Gasteiger partial charge in [0.2, 0.25) is 5.91 Å². The number of amides is 2. The van der Waals surface area contributed by atoms with E-state index in [1.807, 2.05) is 34.6 Å². The average molecular weight is 296 g/mol. The van der Waals surface area contributed by atoms with Crippen molar-refractivity contribution >= 4 is 18.2 Å². The minimum absolute atomic E-state index is 0.0959. The van der Waals surface area contributed by atoms with Gasteiger partial charge in [-0.15, -0.1) is 0 Å². The molecule has 1 fully saturated rings. The van der Waals surface area contributed by atoms with Gasteiger partial charge in [0.15, 0.2) is 0 Å². The predicted molar refractivity (Wildman–Crippen MR) is 83.5 cm³/mol. The average Bonchev–Trinajstić information content (AvgIpc) is 2.34. The first-order valence-electron chi connectivity index (χ1n) is 7.75. The molecule has 0 aromatic rings. The summed E-state index contributed by atoms with van der Waals surface area (Å²) in [5.41, 5.74) is -0.513. The molecule has 0 aromatic carbocycles. The lowest BCUT2D eigenvalue weighted by Gasteiger charge is -2.26. The van der Waals surface area contributed by atoms with Gasteiger partial charge in [0.25, 0.3) is 0 Å². The van der Waals surface area contributed by atoms with Crippen LogP contribution in [0.1, 0.15) is 60.3 Å². The fourth-order valence-electron chi connectivity index (χ4n) is 2.39. The molecular formula is C16H28N2O3. The first-order chi connectivity index (χ1) is 9.67. The van der Waals surface area contributed by atoms with Crippen LogP contribution in [0.15, 0.2) is 4.99 Å². The zero-order valence-electron chi connectivity index (χ0n) is 13.8. The molecule has 0 atom stereocenters. The fourth-order valence-corrected chi connectivity index (χ4v) is 2.39. The van der Waals surface area contributed by atoms with Crippen LogP contribution in [0.4, 0.5) is 4.79 Å². The third-order valence-corrected chi connectivity index (χ3v) is 3.36. The Morgan fingerprint density at radius 2 is 1.76 bits per heavy atom. The SMILES string of the molecule is CC(C)NC(=O)C1CCC(C=NC(=O)OC(C)(C)C)CC1. The number of nitrogens with zero attached hydrogens (tertiary/aromatic N) is 1. The van der Waals surface area contributed by atoms with E-state index in [1.54, 1.807) is 6.21 Å². The zero-order valence-corrected chi connectivity index (χ0v) is 13.8. The lowest BCUT2D eigenvalue weighted by molar-refractivity contribution is -0.126. The quantitative estimate of drug-likeness (QED) is 0.812. The summed E-state index contributed by atoms with van der Waals surface area (Å²) in [6.45, 7) is 9.39. The third kappa shape index (κ3) is 7.25. The maximum absolute atomic E-state index is 11.9. The van der Waals surface area contributed by atoms with Crippen LogP contribution in [0.25, 0.3) is 0 Å². The smallest absolute Gasteiger partial charge is 0.433 e. The van der Waals surface area contributed by atoms with Crippen LogP contribution < -0.4 is 5.32 Å². The highest BCUT2D eigenvalue weighted by Crippen LogP contribution is 2.28. The van der Waals surface area contributed by atoms with Crippen molar-refractivity contribution in [3.8, 4) is 0 Å². The van der Waals surface area contributed by atoms with Gasteiger partial charge in [-0.05, 0) is 66.2 Å². The molecule has 0 heterocycles. The number of carbonyl (C=O) groups excluding carboxylic acids is 2. The molecule has 1 rings (SSSR count). The zero-order chi connectivity index (χ0) is 16.0. The van der Waals surface area contributed by atoms with E-state index in [-0.39, 0.29) is 23.8 Å². The number of nitrogens with one attached hydrogen (secondary N) is 1. The van der Waals surface area contributed by atoms with Crippen LogP contribution in [0.2, 0.25) is 0 Å². The Morgan fingerprint density at radius 1 is 1.19 bits per heavy atom. The van der Waals surface area contributed by atoms with Gasteiger partial charge in [-0.3, -0.25) is 4.79 Å². The molecule has 0 aromatic heterocycles. The number of rotatable bonds is 3. The summed E-state index contributed by atoms with van der Waals surface area (Å²) in [5.74, 6) is 0.506. The highest BCUT2D eigenvalue weighted by Gasteiger charge is 2.26. The molecule has 5 heteroatoms. The van der Waals surface area contributed by atoms with E-state index in [1.165, 1.54) is 0 Å². The van der Waals surface area contributed by atoms with E-state index in [9.17, 15) is 9.59 Å². The van der Waals surface area contributed by atoms with Crippen molar-refractivity contribution in [2.24, 2.45) is 16.8 Å². The summed E-state index contributed by atoms with van der Waals surface area (Å²) in [4.78, 5) is 27.3. The Morgan fingerprint density at radius 3 is 2.24 bits per heavy atom. The van der Waals surface area contributed by atoms with Crippen molar-refractivity contribution in [1.82, 2.24) is 5.32 Å². The van der Waals surface area contributed by atoms with Crippen molar-refractivity contribution < 1.29 is 14.3 Å². The first-order valence-corrected chi connectivity index (χ1v) is 7.75. The molecule has 1 aliphatic rings. The molecular weight excluding hydrogens is 268 g/mol. The fraction of sp³-hybridized carbons (Fsp3) is 0.812. The van der Waals surface area contributed by atoms with Crippen molar-refractivity contribution in [2.75, 3.05) is 0 Å². The van der Waals surface area contributed by atoms with Gasteiger partial charge in [-0.1, -0.05) is 0 Å². The van der Waals surface area contributed by atoms with E-state index in [0.29, 0.717) is 0 Å². The van der Waals surface area contributed by atoms with Crippen LogP contribution in [0.3, 0.4) is 0 Å². The Hall–Kier alpha value is -1.39. The molecule has 2 amide bonds. The largest absolute Gasteiger partial charge is 0.442 e. The lowest BCUT2D eigenvalue weighted by Crippen LogP contribution is -2.37. The number of aliphatic imine (C=N–C) groups is 1. The van der Waals surface area contributed by atoms with Gasteiger partial charge in [0, 0.05) is 18.2 Å². The summed E-state index contributed by atoms with van der Waals surface area (Å²) >= 11 is 0. The molecule has 21 heavy (non-hydrogen) atoms. The van der Waals surface area contributed by atoms with Gasteiger partial charge in [0.1, 0.15) is 5.60 Å². The molecule has 1 N–H and O–H groups in total. The standard InChI is InChI=1S/C16H28N2O3/c1-11(2)18-14(19)13-8-6-12(7-9-13)10-17-15(20)21-16(3,4)5/h10-13H,6-9H2,1-5H3,(H,18,19). The van der Waals surface area contributed by atoms with Gasteiger partial charge in [-0.2, -0.15) is 4.99 Å². The van der Waals surface area contributed by atoms with Gasteiger partial charge in [-0.25, -0.2) is 4.79 Å². The van der Waals surface area contributed by atoms with E-state index >= 15 is 0 Å². The summed E-state index contributed by atoms with van der Waals surface area (Å²) in [5, 5.41) is 2.96. The molecule has 0 aliphatic heterocycles. The summed E-state index contributed by atoms with van der Waals surface area (Å²) in [6.07, 6.45) is 4.63. The van der Waals surface area contributed by atoms with E-state index in [4.69, 9.17) is 4.74 Å². The van der Waals surface area contributed by atoms with Gasteiger partial charge < -0.3 is 10.1 Å². The van der Waals surface area contributed by atoms with Crippen LogP contribution in [-0.4, -0.2) is 29.9 Å². The molecule has 0 spiro atoms. The Kier molecular flexibility index (Phi) is 6.37. The number of hydrogen-bond donors (Lipinski definition) is 1. The van der Waals surface area contributed by atoms with E-state index in [2.05, 4.69) is 10.3 Å². The lowest BCUT2D eigenvalue weighted by atomic mass is 9.82. The van der Waals surface area contributed by atoms with Gasteiger partial charge in [0.05, 0.1) is 0 Å². The van der Waals surface area contributed by atoms with Crippen LogP contribution in [0, 0.1) is 11.8 Å². The normalized spacial score (nSPS) is 23.3. The Bertz CT molecular complexity index is 389. The molecule has 5 nitrogen and oxygen atoms in total. The molecule has 1 aliphatic carbocycles. The Labute approximate surface area is 127 Å². The maximum atomic E-state index is 11.9. The second kappa shape index (κ2) is 7.57. The van der Waals surface area contributed by atoms with Gasteiger partial charge >= 0.3 is 6.09 Å². The monoisotopic (exact) mass is 296 g/mol. The highest BCUT2D eigenvalue weighted by atomic mass is 16.6. The molecule has 0 radical (unpaired) electrons. The van der Waals surface area contributed by atoms with E-state index < -0.39 is 11.7 Å². The number of hydrogen-bond acceptors (Lipinski definition) is 3. The molecule has 1 saturated carbocycles. The molecule has 120 valence electrons. The molecule has 0 saturated heterocycles. The predicted octanol–water partition coefficient (Wildman–Crippen LogP) is 3.32. The summed E-state index contributed by atoms with van der Waals surface area (Å²) in [6, 6.07) is 0.184. The highest BCUT2D eigenvalue weighted by molar-refractivity contribution is 5.81. The maximum Gasteiger partial charge on any atom is 0.433 e. The Balaban J connectivity index is 2.36. The van der Waals surface area contributed by atoms with Crippen LogP contribution >= 0.6 is 0 Å². The van der Waals surface area contributed by atoms with Crippen LogP contribution in [-0.2, 0) is 9.53 Å². The first kappa shape index (κ1) is 17.7. The van der Waals surface area contributed by atoms with E-state index in [0.717, 1.165) is 25.7 Å². The minimum atomic E-state index is -0.540. The van der Waals surface area contributed by atoms with Crippen LogP contribution in [0.5, 0.6) is 0 Å². The molecule has 0 bridgehead atoms. The third-order valence-electron chi connectivity index (χ3n) is 3.36.